The lowest BCUT2D eigenvalue weighted by atomic mass is 10.2. The molecule has 0 saturated heterocycles. The fourth-order valence-corrected chi connectivity index (χ4v) is 3.19. The summed E-state index contributed by atoms with van der Waals surface area (Å²) < 4.78 is 12.7. The minimum Gasteiger partial charge on any atom is -0.488 e. The van der Waals surface area contributed by atoms with Crippen molar-refractivity contribution < 1.29 is 14.1 Å². The lowest BCUT2D eigenvalue weighted by Crippen LogP contribution is -2.16. The molecule has 4 rings (SSSR count). The van der Waals surface area contributed by atoms with Gasteiger partial charge in [0.15, 0.2) is 5.69 Å². The summed E-state index contributed by atoms with van der Waals surface area (Å²) in [4.78, 5) is 16.9. The molecule has 158 valence electrons. The van der Waals surface area contributed by atoms with Crippen molar-refractivity contribution in [1.29, 1.82) is 0 Å². The van der Waals surface area contributed by atoms with E-state index < -0.39 is 5.91 Å². The van der Waals surface area contributed by atoms with Crippen LogP contribution in [0.25, 0.3) is 0 Å². The predicted octanol–water partition coefficient (Wildman–Crippen LogP) is 4.42. The molecule has 0 saturated carbocycles. The first-order valence-corrected chi connectivity index (χ1v) is 9.97. The number of hydrogen-bond acceptors (Lipinski definition) is 6. The Morgan fingerprint density at radius 3 is 2.74 bits per heavy atom. The zero-order valence-electron chi connectivity index (χ0n) is 17.0. The van der Waals surface area contributed by atoms with Crippen molar-refractivity contribution in [3.05, 3.63) is 88.0 Å². The Kier molecular flexibility index (Phi) is 5.99. The number of carbonyl (C=O) groups excluding carboxylic acids is 1. The Morgan fingerprint density at radius 1 is 1.16 bits per heavy atom. The van der Waals surface area contributed by atoms with Gasteiger partial charge >= 0.3 is 0 Å². The average Bonchev–Trinajstić information content (AvgIpc) is 3.35. The van der Waals surface area contributed by atoms with Crippen LogP contribution in [0.3, 0.4) is 0 Å². The molecule has 0 aliphatic carbocycles. The first-order valence-electron chi connectivity index (χ1n) is 9.59. The molecule has 2 aromatic carbocycles. The summed E-state index contributed by atoms with van der Waals surface area (Å²) in [6.45, 7) is 4.27. The number of hydrogen-bond donors (Lipinski definition) is 1. The summed E-state index contributed by atoms with van der Waals surface area (Å²) in [6, 6.07) is 15.1. The van der Waals surface area contributed by atoms with Gasteiger partial charge in [0.25, 0.3) is 5.91 Å². The molecule has 0 unspecified atom stereocenters. The lowest BCUT2D eigenvalue weighted by molar-refractivity contribution is 0.101. The van der Waals surface area contributed by atoms with Crippen molar-refractivity contribution in [2.24, 2.45) is 0 Å². The monoisotopic (exact) mass is 437 g/mol. The van der Waals surface area contributed by atoms with Crippen molar-refractivity contribution >= 4 is 23.5 Å². The molecule has 2 heterocycles. The topological polar surface area (TPSA) is 95.1 Å². The van der Waals surface area contributed by atoms with Crippen molar-refractivity contribution in [3.8, 4) is 5.75 Å². The van der Waals surface area contributed by atoms with Gasteiger partial charge in [-0.3, -0.25) is 10.1 Å². The Hall–Kier alpha value is -3.65. The molecule has 0 bridgehead atoms. The zero-order valence-corrected chi connectivity index (χ0v) is 17.8. The van der Waals surface area contributed by atoms with Crippen molar-refractivity contribution in [2.45, 2.75) is 27.0 Å². The van der Waals surface area contributed by atoms with Gasteiger partial charge in [-0.1, -0.05) is 53.2 Å². The molecule has 4 aromatic rings. The van der Waals surface area contributed by atoms with Crippen LogP contribution in [-0.2, 0) is 13.2 Å². The first kappa shape index (κ1) is 20.6. The number of carbonyl (C=O) groups is 1. The highest BCUT2D eigenvalue weighted by atomic mass is 35.5. The molecule has 0 spiro atoms. The third-order valence-electron chi connectivity index (χ3n) is 4.72. The lowest BCUT2D eigenvalue weighted by Gasteiger charge is -2.08. The molecule has 1 N–H and O–H groups in total. The number of anilines is 1. The zero-order chi connectivity index (χ0) is 21.8. The molecule has 0 fully saturated rings. The van der Waals surface area contributed by atoms with Crippen LogP contribution in [-0.4, -0.2) is 25.8 Å². The molecule has 9 heteroatoms. The second-order valence-electron chi connectivity index (χ2n) is 6.93. The van der Waals surface area contributed by atoms with E-state index in [1.165, 1.54) is 6.33 Å². The standard InChI is InChI=1S/C22H20ClN5O3/c1-14-7-3-6-10-19(14)30-12-17-15(2)31-27-20(17)21(29)25-22-24-13-28(26-22)11-16-8-4-5-9-18(16)23/h3-10,13H,11-12H2,1-2H3,(H,25,26,29). The van der Waals surface area contributed by atoms with E-state index in [1.54, 1.807) is 11.6 Å². The van der Waals surface area contributed by atoms with Gasteiger partial charge in [-0.05, 0) is 37.1 Å². The minimum absolute atomic E-state index is 0.133. The van der Waals surface area contributed by atoms with Crippen LogP contribution in [0.5, 0.6) is 5.75 Å². The number of aromatic nitrogens is 4. The predicted molar refractivity (Wildman–Crippen MR) is 115 cm³/mol. The normalized spacial score (nSPS) is 10.8. The minimum atomic E-state index is -0.476. The number of aryl methyl sites for hydroxylation is 2. The van der Waals surface area contributed by atoms with E-state index in [1.807, 2.05) is 55.5 Å². The number of rotatable bonds is 7. The fraction of sp³-hybridized carbons (Fsp3) is 0.182. The highest BCUT2D eigenvalue weighted by Gasteiger charge is 2.22. The van der Waals surface area contributed by atoms with E-state index in [-0.39, 0.29) is 18.2 Å². The SMILES string of the molecule is Cc1ccccc1OCc1c(C(=O)Nc2ncn(Cc3ccccc3Cl)n2)noc1C. The van der Waals surface area contributed by atoms with Crippen molar-refractivity contribution in [3.63, 3.8) is 0 Å². The van der Waals surface area contributed by atoms with Crippen LogP contribution in [0, 0.1) is 13.8 Å². The van der Waals surface area contributed by atoms with Crippen LogP contribution in [0.15, 0.2) is 59.4 Å². The highest BCUT2D eigenvalue weighted by Crippen LogP contribution is 2.21. The molecule has 0 aliphatic rings. The number of amides is 1. The molecule has 8 nitrogen and oxygen atoms in total. The third-order valence-corrected chi connectivity index (χ3v) is 5.09. The van der Waals surface area contributed by atoms with Gasteiger partial charge in [0.1, 0.15) is 24.4 Å². The van der Waals surface area contributed by atoms with Crippen LogP contribution >= 0.6 is 11.6 Å². The largest absolute Gasteiger partial charge is 0.488 e. The van der Waals surface area contributed by atoms with Crippen LogP contribution in [0.2, 0.25) is 5.02 Å². The maximum Gasteiger partial charge on any atom is 0.280 e. The van der Waals surface area contributed by atoms with Gasteiger partial charge in [0, 0.05) is 5.02 Å². The summed E-state index contributed by atoms with van der Waals surface area (Å²) >= 11 is 6.19. The molecule has 0 aliphatic heterocycles. The van der Waals surface area contributed by atoms with Crippen LogP contribution < -0.4 is 10.1 Å². The van der Waals surface area contributed by atoms with Gasteiger partial charge < -0.3 is 9.26 Å². The highest BCUT2D eigenvalue weighted by molar-refractivity contribution is 6.31. The summed E-state index contributed by atoms with van der Waals surface area (Å²) in [7, 11) is 0. The second kappa shape index (κ2) is 9.01. The van der Waals surface area contributed by atoms with Gasteiger partial charge in [0.2, 0.25) is 5.95 Å². The summed E-state index contributed by atoms with van der Waals surface area (Å²) in [5.74, 6) is 0.921. The number of halogens is 1. The van der Waals surface area contributed by atoms with Gasteiger partial charge in [0.05, 0.1) is 12.1 Å². The third kappa shape index (κ3) is 4.75. The average molecular weight is 438 g/mol. The Morgan fingerprint density at radius 2 is 1.94 bits per heavy atom. The molecular weight excluding hydrogens is 418 g/mol. The van der Waals surface area contributed by atoms with E-state index in [9.17, 15) is 4.79 Å². The summed E-state index contributed by atoms with van der Waals surface area (Å²) in [5.41, 5.74) is 2.59. The number of para-hydroxylation sites is 1. The molecule has 0 radical (unpaired) electrons. The van der Waals surface area contributed by atoms with Gasteiger partial charge in [-0.25, -0.2) is 9.67 Å². The summed E-state index contributed by atoms with van der Waals surface area (Å²) in [6.07, 6.45) is 1.52. The molecule has 0 atom stereocenters. The number of nitrogens with one attached hydrogen (secondary N) is 1. The fourth-order valence-electron chi connectivity index (χ4n) is 3.00. The van der Waals surface area contributed by atoms with E-state index in [0.29, 0.717) is 22.9 Å². The second-order valence-corrected chi connectivity index (χ2v) is 7.34. The van der Waals surface area contributed by atoms with Crippen LogP contribution in [0.1, 0.15) is 32.9 Å². The van der Waals surface area contributed by atoms with Crippen molar-refractivity contribution in [2.75, 3.05) is 5.32 Å². The first-order chi connectivity index (χ1) is 15.0. The number of nitrogens with zero attached hydrogens (tertiary/aromatic N) is 4. The van der Waals surface area contributed by atoms with E-state index >= 15 is 0 Å². The molecular formula is C22H20ClN5O3. The maximum atomic E-state index is 12.7. The van der Waals surface area contributed by atoms with E-state index in [2.05, 4.69) is 20.6 Å². The maximum absolute atomic E-state index is 12.7. The Balaban J connectivity index is 1.44. The van der Waals surface area contributed by atoms with E-state index in [0.717, 1.165) is 16.9 Å². The molecule has 1 amide bonds. The Labute approximate surface area is 183 Å². The van der Waals surface area contributed by atoms with E-state index in [4.69, 9.17) is 20.9 Å². The van der Waals surface area contributed by atoms with Gasteiger partial charge in [-0.15, -0.1) is 5.10 Å². The van der Waals surface area contributed by atoms with Gasteiger partial charge in [-0.2, -0.15) is 0 Å². The molecule has 2 aromatic heterocycles. The van der Waals surface area contributed by atoms with Crippen LogP contribution in [0.4, 0.5) is 5.95 Å². The Bertz CT molecular complexity index is 1220. The molecule has 31 heavy (non-hydrogen) atoms. The number of benzene rings is 2. The number of ether oxygens (including phenoxy) is 1. The quantitative estimate of drug-likeness (QED) is 0.460. The smallest absolute Gasteiger partial charge is 0.280 e. The summed E-state index contributed by atoms with van der Waals surface area (Å²) in [5, 5.41) is 11.5. The van der Waals surface area contributed by atoms with Crippen molar-refractivity contribution in [1.82, 2.24) is 19.9 Å².